The zero-order valence-electron chi connectivity index (χ0n) is 22.3. The minimum atomic E-state index is -0.242. The Balaban J connectivity index is 1.23. The molecule has 2 heterocycles. The number of likely N-dealkylation sites (tertiary alicyclic amines) is 1. The van der Waals surface area contributed by atoms with Gasteiger partial charge in [-0.2, -0.15) is 5.26 Å². The molecule has 38 heavy (non-hydrogen) atoms. The van der Waals surface area contributed by atoms with Crippen LogP contribution in [-0.2, 0) is 24.0 Å². The third kappa shape index (κ3) is 6.61. The Kier molecular flexibility index (Phi) is 9.06. The molecule has 2 aromatic rings. The van der Waals surface area contributed by atoms with Crippen LogP contribution >= 0.6 is 0 Å². The van der Waals surface area contributed by atoms with E-state index in [1.807, 2.05) is 18.2 Å². The SMILES string of the molecule is N#CCCc1cc2c(c(C(=O)NCC(CCN3CC(N4CCOCC4)C3)c3ccc(F)cc3)c1)CCCC2. The molecule has 7 heteroatoms. The summed E-state index contributed by atoms with van der Waals surface area (Å²) in [6.07, 6.45) is 6.20. The Morgan fingerprint density at radius 3 is 2.66 bits per heavy atom. The Morgan fingerprint density at radius 1 is 1.13 bits per heavy atom. The van der Waals surface area contributed by atoms with Gasteiger partial charge in [-0.05, 0) is 85.5 Å². The van der Waals surface area contributed by atoms with E-state index in [9.17, 15) is 9.18 Å². The summed E-state index contributed by atoms with van der Waals surface area (Å²) in [4.78, 5) is 18.5. The number of hydrogen-bond donors (Lipinski definition) is 1. The molecule has 1 atom stereocenters. The molecule has 0 bridgehead atoms. The number of amides is 1. The number of nitrogens with zero attached hydrogens (tertiary/aromatic N) is 3. The van der Waals surface area contributed by atoms with Crippen LogP contribution in [0.15, 0.2) is 36.4 Å². The van der Waals surface area contributed by atoms with Crippen LogP contribution in [-0.4, -0.2) is 74.2 Å². The first-order chi connectivity index (χ1) is 18.6. The highest BCUT2D eigenvalue weighted by Crippen LogP contribution is 2.28. The Bertz CT molecular complexity index is 1130. The number of rotatable bonds is 10. The molecule has 2 saturated heterocycles. The fraction of sp³-hybridized carbons (Fsp3) is 0.548. The lowest BCUT2D eigenvalue weighted by Gasteiger charge is -2.47. The average molecular weight is 519 g/mol. The van der Waals surface area contributed by atoms with Crippen LogP contribution in [0.5, 0.6) is 0 Å². The van der Waals surface area contributed by atoms with Crippen LogP contribution in [0.2, 0.25) is 0 Å². The van der Waals surface area contributed by atoms with Crippen LogP contribution in [0.3, 0.4) is 0 Å². The molecule has 0 radical (unpaired) electrons. The Labute approximate surface area is 225 Å². The van der Waals surface area contributed by atoms with Crippen LogP contribution in [0.4, 0.5) is 4.39 Å². The van der Waals surface area contributed by atoms with Gasteiger partial charge in [0.15, 0.2) is 0 Å². The molecule has 0 aromatic heterocycles. The fourth-order valence-electron chi connectivity index (χ4n) is 6.15. The minimum absolute atomic E-state index is 0.0367. The van der Waals surface area contributed by atoms with Crippen LogP contribution < -0.4 is 5.32 Å². The zero-order chi connectivity index (χ0) is 26.3. The van der Waals surface area contributed by atoms with Crippen LogP contribution in [0.25, 0.3) is 0 Å². The molecule has 0 spiro atoms. The van der Waals surface area contributed by atoms with Gasteiger partial charge in [-0.3, -0.25) is 9.69 Å². The van der Waals surface area contributed by atoms with Crippen molar-refractivity contribution in [1.29, 1.82) is 5.26 Å². The highest BCUT2D eigenvalue weighted by atomic mass is 19.1. The number of hydrogen-bond acceptors (Lipinski definition) is 5. The molecule has 202 valence electrons. The van der Waals surface area contributed by atoms with Gasteiger partial charge in [-0.1, -0.05) is 18.2 Å². The summed E-state index contributed by atoms with van der Waals surface area (Å²) in [7, 11) is 0. The van der Waals surface area contributed by atoms with E-state index in [-0.39, 0.29) is 17.6 Å². The first-order valence-corrected chi connectivity index (χ1v) is 14.2. The molecule has 6 nitrogen and oxygen atoms in total. The minimum Gasteiger partial charge on any atom is -0.379 e. The van der Waals surface area contributed by atoms with Crippen molar-refractivity contribution in [2.75, 3.05) is 52.5 Å². The van der Waals surface area contributed by atoms with E-state index in [0.717, 1.165) is 94.7 Å². The summed E-state index contributed by atoms with van der Waals surface area (Å²) < 4.78 is 19.1. The molecule has 2 aliphatic heterocycles. The van der Waals surface area contributed by atoms with Gasteiger partial charge in [0.2, 0.25) is 0 Å². The number of benzene rings is 2. The van der Waals surface area contributed by atoms with E-state index >= 15 is 0 Å². The molecule has 1 amide bonds. The number of carbonyl (C=O) groups is 1. The topological polar surface area (TPSA) is 68.6 Å². The summed E-state index contributed by atoms with van der Waals surface area (Å²) in [6, 6.07) is 13.7. The summed E-state index contributed by atoms with van der Waals surface area (Å²) in [5.41, 5.74) is 5.33. The zero-order valence-corrected chi connectivity index (χ0v) is 22.3. The predicted octanol–water partition coefficient (Wildman–Crippen LogP) is 4.08. The number of nitrogens with one attached hydrogen (secondary N) is 1. The number of morpholine rings is 1. The van der Waals surface area contributed by atoms with Gasteiger partial charge in [0.05, 0.1) is 19.3 Å². The number of fused-ring (bicyclic) bond motifs is 1. The van der Waals surface area contributed by atoms with Crippen molar-refractivity contribution in [1.82, 2.24) is 15.1 Å². The van der Waals surface area contributed by atoms with Gasteiger partial charge < -0.3 is 15.0 Å². The van der Waals surface area contributed by atoms with E-state index in [1.165, 1.54) is 23.3 Å². The first kappa shape index (κ1) is 26.8. The van der Waals surface area contributed by atoms with E-state index < -0.39 is 0 Å². The average Bonchev–Trinajstić information content (AvgIpc) is 2.93. The summed E-state index contributed by atoms with van der Waals surface area (Å²) in [5, 5.41) is 12.3. The van der Waals surface area contributed by atoms with E-state index in [4.69, 9.17) is 10.00 Å². The monoisotopic (exact) mass is 518 g/mol. The summed E-state index contributed by atoms with van der Waals surface area (Å²) >= 11 is 0. The molecule has 1 unspecified atom stereocenters. The summed E-state index contributed by atoms with van der Waals surface area (Å²) in [5.74, 6) is -0.168. The maximum atomic E-state index is 13.7. The maximum Gasteiger partial charge on any atom is 0.251 e. The molecule has 2 aromatic carbocycles. The largest absolute Gasteiger partial charge is 0.379 e. The molecular weight excluding hydrogens is 479 g/mol. The van der Waals surface area contributed by atoms with Gasteiger partial charge in [0, 0.05) is 56.7 Å². The standard InChI is InChI=1S/C31H39FN4O2/c32-27-9-7-24(8-10-27)26(11-13-35-21-28(22-35)36-14-16-38-17-15-36)20-34-31(37)30-19-23(4-3-12-33)18-25-5-1-2-6-29(25)30/h7-10,18-19,26,28H,1-6,11,13-17,20-22H2,(H,34,37). The van der Waals surface area contributed by atoms with Gasteiger partial charge >= 0.3 is 0 Å². The Hall–Kier alpha value is -2.79. The van der Waals surface area contributed by atoms with E-state index in [2.05, 4.69) is 27.3 Å². The van der Waals surface area contributed by atoms with Crippen molar-refractivity contribution in [3.05, 3.63) is 70.0 Å². The van der Waals surface area contributed by atoms with Gasteiger partial charge in [-0.15, -0.1) is 0 Å². The Morgan fingerprint density at radius 2 is 1.89 bits per heavy atom. The molecule has 0 saturated carbocycles. The molecule has 3 aliphatic rings. The van der Waals surface area contributed by atoms with Crippen molar-refractivity contribution in [2.24, 2.45) is 0 Å². The number of ether oxygens (including phenoxy) is 1. The predicted molar refractivity (Wildman–Crippen MR) is 146 cm³/mol. The van der Waals surface area contributed by atoms with Gasteiger partial charge in [0.25, 0.3) is 5.91 Å². The number of carbonyl (C=O) groups excluding carboxylic acids is 1. The maximum absolute atomic E-state index is 13.7. The lowest BCUT2D eigenvalue weighted by atomic mass is 9.85. The third-order valence-electron chi connectivity index (χ3n) is 8.44. The first-order valence-electron chi connectivity index (χ1n) is 14.2. The lowest BCUT2D eigenvalue weighted by molar-refractivity contribution is -0.0325. The number of nitriles is 1. The number of halogens is 1. The smallest absolute Gasteiger partial charge is 0.251 e. The van der Waals surface area contributed by atoms with E-state index in [0.29, 0.717) is 25.4 Å². The number of aryl methyl sites for hydroxylation is 2. The lowest BCUT2D eigenvalue weighted by Crippen LogP contribution is -2.61. The van der Waals surface area contributed by atoms with Crippen molar-refractivity contribution < 1.29 is 13.9 Å². The van der Waals surface area contributed by atoms with Crippen molar-refractivity contribution in [3.63, 3.8) is 0 Å². The molecule has 1 N–H and O–H groups in total. The van der Waals surface area contributed by atoms with Crippen LogP contribution in [0, 0.1) is 17.1 Å². The fourth-order valence-corrected chi connectivity index (χ4v) is 6.15. The van der Waals surface area contributed by atoms with E-state index in [1.54, 1.807) is 0 Å². The highest BCUT2D eigenvalue weighted by molar-refractivity contribution is 5.96. The van der Waals surface area contributed by atoms with Crippen molar-refractivity contribution in [3.8, 4) is 6.07 Å². The molecule has 5 rings (SSSR count). The van der Waals surface area contributed by atoms with Gasteiger partial charge in [0.1, 0.15) is 5.82 Å². The second-order valence-corrected chi connectivity index (χ2v) is 11.0. The normalized spacial score (nSPS) is 19.3. The van der Waals surface area contributed by atoms with Crippen LogP contribution in [0.1, 0.15) is 64.2 Å². The second kappa shape index (κ2) is 12.8. The van der Waals surface area contributed by atoms with Gasteiger partial charge in [-0.25, -0.2) is 4.39 Å². The third-order valence-corrected chi connectivity index (χ3v) is 8.44. The molecule has 2 fully saturated rings. The second-order valence-electron chi connectivity index (χ2n) is 11.0. The van der Waals surface area contributed by atoms with Crippen molar-refractivity contribution >= 4 is 5.91 Å². The molecular formula is C31H39FN4O2. The van der Waals surface area contributed by atoms with Crippen molar-refractivity contribution in [2.45, 2.75) is 56.9 Å². The highest BCUT2D eigenvalue weighted by Gasteiger charge is 2.32. The quantitative estimate of drug-likeness (QED) is 0.513. The summed E-state index contributed by atoms with van der Waals surface area (Å²) in [6.45, 7) is 7.31. The molecule has 1 aliphatic carbocycles.